The molecular weight excluding hydrogens is 829 g/mol. The lowest BCUT2D eigenvalue weighted by Crippen LogP contribution is -2.42. The summed E-state index contributed by atoms with van der Waals surface area (Å²) in [5.74, 6) is 40.1. The monoisotopic (exact) mass is 866 g/mol. The van der Waals surface area contributed by atoms with Crippen molar-refractivity contribution in [3.8, 4) is 119 Å². The molecule has 2 aliphatic heterocycles. The molecule has 320 valence electrons. The first-order chi connectivity index (χ1) is 31.8. The number of hydrogen-bond acceptors (Lipinski definition) is 9. The lowest BCUT2D eigenvalue weighted by Gasteiger charge is -2.23. The van der Waals surface area contributed by atoms with E-state index in [1.165, 1.54) is 6.92 Å². The van der Waals surface area contributed by atoms with Crippen molar-refractivity contribution in [3.63, 3.8) is 0 Å². The van der Waals surface area contributed by atoms with Crippen molar-refractivity contribution in [3.05, 3.63) is 68.8 Å². The van der Waals surface area contributed by atoms with E-state index >= 15 is 0 Å². The summed E-state index contributed by atoms with van der Waals surface area (Å²) in [5.41, 5.74) is 3.39. The Labute approximate surface area is 383 Å². The van der Waals surface area contributed by atoms with Gasteiger partial charge in [-0.1, -0.05) is 20.8 Å². The van der Waals surface area contributed by atoms with Crippen LogP contribution in [0.5, 0.6) is 0 Å². The highest BCUT2D eigenvalue weighted by Crippen LogP contribution is 2.50. The average Bonchev–Trinajstić information content (AvgIpc) is 4.02. The van der Waals surface area contributed by atoms with Crippen LogP contribution >= 0.6 is 0 Å². The fourth-order valence-corrected chi connectivity index (χ4v) is 8.31. The van der Waals surface area contributed by atoms with E-state index in [0.717, 1.165) is 24.9 Å². The van der Waals surface area contributed by atoms with E-state index in [4.69, 9.17) is 25.9 Å². The van der Waals surface area contributed by atoms with E-state index in [2.05, 4.69) is 136 Å². The molecule has 3 aromatic heterocycles. The number of methoxy groups -OCH3 is 1. The van der Waals surface area contributed by atoms with Gasteiger partial charge in [0.25, 0.3) is 5.60 Å². The first-order valence-corrected chi connectivity index (χ1v) is 20.6. The molecular formula is C55H38N4O7. The maximum atomic E-state index is 14.4. The molecule has 5 atom stereocenters. The molecule has 0 spiro atoms. The van der Waals surface area contributed by atoms with Gasteiger partial charge >= 0.3 is 11.9 Å². The van der Waals surface area contributed by atoms with Gasteiger partial charge in [-0.2, -0.15) is 0 Å². The first kappa shape index (κ1) is 46.5. The fraction of sp³-hybridized carbons (Fsp3) is 0.273. The van der Waals surface area contributed by atoms with Gasteiger partial charge in [-0.3, -0.25) is 24.4 Å². The number of carbonyl (C=O) groups is 4. The van der Waals surface area contributed by atoms with Crippen molar-refractivity contribution in [2.75, 3.05) is 7.11 Å². The number of fused-ring (bicyclic) bond motifs is 8. The molecule has 66 heavy (non-hydrogen) atoms. The summed E-state index contributed by atoms with van der Waals surface area (Å²) in [7, 11) is 1.09. The molecule has 3 aromatic rings. The molecule has 8 bridgehead atoms. The summed E-state index contributed by atoms with van der Waals surface area (Å²) in [4.78, 5) is 71.1. The molecule has 0 fully saturated rings. The molecule has 11 nitrogen and oxygen atoms in total. The van der Waals surface area contributed by atoms with Crippen LogP contribution in [0.2, 0.25) is 0 Å². The van der Waals surface area contributed by atoms with Gasteiger partial charge in [0.05, 0.1) is 29.4 Å². The van der Waals surface area contributed by atoms with Crippen LogP contribution in [0.3, 0.4) is 0 Å². The quantitative estimate of drug-likeness (QED) is 0.120. The van der Waals surface area contributed by atoms with Gasteiger partial charge in [0.2, 0.25) is 5.78 Å². The minimum atomic E-state index is -2.75. The maximum absolute atomic E-state index is 14.4. The van der Waals surface area contributed by atoms with Gasteiger partial charge in [-0.05, 0) is 110 Å². The van der Waals surface area contributed by atoms with Crippen LogP contribution in [-0.2, 0) is 24.7 Å². The normalized spacial score (nSPS) is 17.7. The van der Waals surface area contributed by atoms with E-state index in [1.54, 1.807) is 6.92 Å². The van der Waals surface area contributed by atoms with Crippen molar-refractivity contribution in [2.45, 2.75) is 90.1 Å². The number of nitrogens with zero attached hydrogens (tertiary/aromatic N) is 2. The summed E-state index contributed by atoms with van der Waals surface area (Å²) < 4.78 is 10.2. The third-order valence-corrected chi connectivity index (χ3v) is 11.5. The summed E-state index contributed by atoms with van der Waals surface area (Å²) in [5, 5.41) is 12.3. The van der Waals surface area contributed by atoms with Gasteiger partial charge in [0.15, 0.2) is 5.78 Å². The zero-order valence-corrected chi connectivity index (χ0v) is 37.0. The zero-order valence-electron chi connectivity index (χ0n) is 37.0. The molecule has 3 unspecified atom stereocenters. The number of terminal acetylenes is 1. The third-order valence-electron chi connectivity index (χ3n) is 11.5. The number of Topliss-reactive ketones (excluding diaryl/α,β-unsaturated/α-hetero) is 2. The van der Waals surface area contributed by atoms with Crippen molar-refractivity contribution in [2.24, 2.45) is 0 Å². The topological polar surface area (TPSA) is 164 Å². The minimum Gasteiger partial charge on any atom is -0.466 e. The molecule has 3 aliphatic rings. The molecule has 5 heterocycles. The number of aromatic nitrogens is 4. The van der Waals surface area contributed by atoms with E-state index in [9.17, 15) is 24.3 Å². The van der Waals surface area contributed by atoms with Gasteiger partial charge in [0.1, 0.15) is 6.11 Å². The number of esters is 2. The highest BCUT2D eigenvalue weighted by atomic mass is 16.5. The number of ketones is 2. The Hall–Kier alpha value is -9.04. The summed E-state index contributed by atoms with van der Waals surface area (Å²) in [6.07, 6.45) is 7.97. The summed E-state index contributed by atoms with van der Waals surface area (Å²) >= 11 is 0. The molecule has 0 saturated heterocycles. The van der Waals surface area contributed by atoms with Crippen LogP contribution in [0, 0.1) is 133 Å². The first-order valence-electron chi connectivity index (χ1n) is 20.6. The van der Waals surface area contributed by atoms with Crippen LogP contribution in [0.15, 0.2) is 18.2 Å². The number of ether oxygens (including phenoxy) is 2. The second kappa shape index (κ2) is 20.4. The van der Waals surface area contributed by atoms with Crippen molar-refractivity contribution in [1.82, 2.24) is 19.9 Å². The molecule has 6 rings (SSSR count). The minimum absolute atomic E-state index is 0.0102. The molecule has 3 N–H and O–H groups in total. The standard InChI is InChI=1S/C55H38N4O7/c1-9-11-12-13-14-15-16-17-18-19-20-21-22-23-24-25-26-27-30-66-47(61)29-28-40-35(4)42-31-43-36(5)48(38(7)60)46(57-43)33-41-34(3)39(10-2)45(56-41)32-44-37(6)49-52(59-44)50(51(40)58-42)55(64,53(49)62)54(63)65-8/h1,31-35,39-40,57,59,64H,10,28-29H2,2-8H3/t34?,35?,39-,40+,55?/m1/s1. The number of aryl methyl sites for hydroxylation is 2. The number of aromatic amines is 2. The second-order valence-corrected chi connectivity index (χ2v) is 15.2. The van der Waals surface area contributed by atoms with Crippen LogP contribution < -0.4 is 0 Å². The number of aliphatic hydroxyl groups is 1. The van der Waals surface area contributed by atoms with Crippen molar-refractivity contribution < 1.29 is 33.8 Å². The smallest absolute Gasteiger partial charge is 0.351 e. The van der Waals surface area contributed by atoms with E-state index in [0.29, 0.717) is 38.9 Å². The summed E-state index contributed by atoms with van der Waals surface area (Å²) in [6.45, 7) is 11.2. The Balaban J connectivity index is 1.34. The number of carbonyl (C=O) groups excluding carboxylic acids is 4. The van der Waals surface area contributed by atoms with E-state index in [1.807, 2.05) is 32.0 Å². The Morgan fingerprint density at radius 2 is 1.26 bits per heavy atom. The van der Waals surface area contributed by atoms with Gasteiger partial charge in [-0.15, -0.1) is 6.42 Å². The number of hydrogen-bond donors (Lipinski definition) is 3. The fourth-order valence-electron chi connectivity index (χ4n) is 8.31. The van der Waals surface area contributed by atoms with Gasteiger partial charge in [-0.25, -0.2) is 4.79 Å². The Bertz CT molecular complexity index is 3470. The highest BCUT2D eigenvalue weighted by Gasteiger charge is 2.57. The Morgan fingerprint density at radius 1 is 0.742 bits per heavy atom. The Kier molecular flexibility index (Phi) is 14.4. The van der Waals surface area contributed by atoms with Crippen molar-refractivity contribution in [1.29, 1.82) is 0 Å². The maximum Gasteiger partial charge on any atom is 0.351 e. The van der Waals surface area contributed by atoms with E-state index in [-0.39, 0.29) is 52.8 Å². The molecule has 1 aliphatic carbocycles. The van der Waals surface area contributed by atoms with Gasteiger partial charge in [0, 0.05) is 129 Å². The Morgan fingerprint density at radius 3 is 1.82 bits per heavy atom. The second-order valence-electron chi connectivity index (χ2n) is 15.2. The largest absolute Gasteiger partial charge is 0.466 e. The number of nitrogens with one attached hydrogen (secondary N) is 2. The molecule has 0 amide bonds. The third kappa shape index (κ3) is 9.33. The number of rotatable bonds is 6. The molecule has 11 heteroatoms. The van der Waals surface area contributed by atoms with Crippen LogP contribution in [0.4, 0.5) is 0 Å². The molecule has 0 radical (unpaired) electrons. The SMILES string of the molecule is C#CC#CC#CC#CC#CC#CC#CC#CC#CC#COC(=O)CC[C@@H]1c2nc(cc3[nH]c(cc4nc(cc5[nH]c6c(c5C)C(=O)C(O)(C(=O)OC)c26)[C@H](CC)C4C)c(C(C)=O)c3C)C1C. The van der Waals surface area contributed by atoms with Crippen LogP contribution in [0.1, 0.15) is 131 Å². The molecule has 0 saturated carbocycles. The predicted molar refractivity (Wildman–Crippen MR) is 247 cm³/mol. The van der Waals surface area contributed by atoms with Crippen LogP contribution in [-0.4, -0.2) is 55.7 Å². The average molecular weight is 867 g/mol. The van der Waals surface area contributed by atoms with Crippen molar-refractivity contribution >= 4 is 45.6 Å². The van der Waals surface area contributed by atoms with Crippen LogP contribution in [0.25, 0.3) is 22.1 Å². The lowest BCUT2D eigenvalue weighted by atomic mass is 9.82. The highest BCUT2D eigenvalue weighted by molar-refractivity contribution is 6.26. The predicted octanol–water partition coefficient (Wildman–Crippen LogP) is 5.82. The van der Waals surface area contributed by atoms with E-state index < -0.39 is 35.2 Å². The molecule has 0 aromatic carbocycles. The zero-order chi connectivity index (χ0) is 47.5. The van der Waals surface area contributed by atoms with Gasteiger partial charge < -0.3 is 24.5 Å². The lowest BCUT2D eigenvalue weighted by molar-refractivity contribution is -0.157. The summed E-state index contributed by atoms with van der Waals surface area (Å²) in [6, 6.07) is 5.63. The number of H-pyrrole nitrogens is 2.